The number of imidazole rings is 1. The molecule has 2 aromatic carbocycles. The molecule has 0 spiro atoms. The number of ether oxygens (including phenoxy) is 2. The third-order valence-corrected chi connectivity index (χ3v) is 6.32. The molecule has 7 nitrogen and oxygen atoms in total. The lowest BCUT2D eigenvalue weighted by molar-refractivity contribution is -0.145. The molecule has 0 amide bonds. The minimum absolute atomic E-state index is 0.0431. The minimum Gasteiger partial charge on any atom is -0.497 e. The molecule has 164 valence electrons. The van der Waals surface area contributed by atoms with Crippen LogP contribution in [-0.2, 0) is 25.0 Å². The van der Waals surface area contributed by atoms with Gasteiger partial charge in [0.15, 0.2) is 0 Å². The number of rotatable bonds is 7. The van der Waals surface area contributed by atoms with Crippen LogP contribution in [0.1, 0.15) is 31.2 Å². The summed E-state index contributed by atoms with van der Waals surface area (Å²) in [7, 11) is 3.38. The van der Waals surface area contributed by atoms with E-state index in [2.05, 4.69) is 0 Å². The highest BCUT2D eigenvalue weighted by molar-refractivity contribution is 5.78. The van der Waals surface area contributed by atoms with Crippen LogP contribution in [0.15, 0.2) is 47.3 Å². The van der Waals surface area contributed by atoms with Crippen molar-refractivity contribution in [2.75, 3.05) is 7.11 Å². The van der Waals surface area contributed by atoms with Gasteiger partial charge in [0.05, 0.1) is 24.1 Å². The van der Waals surface area contributed by atoms with E-state index in [1.807, 2.05) is 42.5 Å². The first-order valence-electron chi connectivity index (χ1n) is 10.7. The molecule has 1 aromatic heterocycles. The van der Waals surface area contributed by atoms with E-state index in [1.54, 1.807) is 23.3 Å². The van der Waals surface area contributed by atoms with Gasteiger partial charge in [0.25, 0.3) is 0 Å². The zero-order valence-electron chi connectivity index (χ0n) is 17.9. The highest BCUT2D eigenvalue weighted by atomic mass is 16.5. The third kappa shape index (κ3) is 4.31. The third-order valence-electron chi connectivity index (χ3n) is 6.32. The highest BCUT2D eigenvalue weighted by Gasteiger charge is 2.31. The number of carboxylic acids is 1. The van der Waals surface area contributed by atoms with Gasteiger partial charge in [-0.25, -0.2) is 4.79 Å². The van der Waals surface area contributed by atoms with Crippen LogP contribution in [0.4, 0.5) is 0 Å². The van der Waals surface area contributed by atoms with Crippen molar-refractivity contribution in [2.45, 2.75) is 38.8 Å². The Balaban J connectivity index is 1.59. The second-order valence-electron chi connectivity index (χ2n) is 8.23. The number of aliphatic carboxylic acids is 1. The molecule has 2 unspecified atom stereocenters. The van der Waals surface area contributed by atoms with Crippen molar-refractivity contribution in [1.82, 2.24) is 9.13 Å². The Labute approximate surface area is 180 Å². The van der Waals surface area contributed by atoms with Crippen LogP contribution in [-0.4, -0.2) is 27.3 Å². The van der Waals surface area contributed by atoms with Crippen LogP contribution in [0, 0.1) is 11.8 Å². The van der Waals surface area contributed by atoms with Gasteiger partial charge in [-0.1, -0.05) is 25.0 Å². The molecule has 0 aliphatic heterocycles. The summed E-state index contributed by atoms with van der Waals surface area (Å²) in [6, 6.07) is 13.3. The monoisotopic (exact) mass is 424 g/mol. The topological polar surface area (TPSA) is 82.7 Å². The van der Waals surface area contributed by atoms with Crippen molar-refractivity contribution in [3.8, 4) is 11.5 Å². The summed E-state index contributed by atoms with van der Waals surface area (Å²) >= 11 is 0. The number of carbonyl (C=O) groups is 1. The van der Waals surface area contributed by atoms with Crippen LogP contribution in [0.5, 0.6) is 11.5 Å². The molecule has 7 heteroatoms. The molecule has 1 heterocycles. The molecule has 1 saturated carbocycles. The van der Waals surface area contributed by atoms with E-state index in [1.165, 1.54) is 0 Å². The number of carboxylic acid groups (broad SMARTS) is 1. The summed E-state index contributed by atoms with van der Waals surface area (Å²) in [6.45, 7) is 0.811. The van der Waals surface area contributed by atoms with Crippen molar-refractivity contribution < 1.29 is 19.4 Å². The number of benzene rings is 2. The first kappa shape index (κ1) is 21.0. The van der Waals surface area contributed by atoms with Crippen LogP contribution in [0.25, 0.3) is 11.0 Å². The largest absolute Gasteiger partial charge is 0.497 e. The maximum absolute atomic E-state index is 12.9. The summed E-state index contributed by atoms with van der Waals surface area (Å²) in [6.07, 6.45) is 3.44. The fraction of sp³-hybridized carbons (Fsp3) is 0.417. The molecule has 0 saturated heterocycles. The second-order valence-corrected chi connectivity index (χ2v) is 8.23. The van der Waals surface area contributed by atoms with E-state index in [0.29, 0.717) is 25.3 Å². The average molecular weight is 424 g/mol. The van der Waals surface area contributed by atoms with Gasteiger partial charge in [-0.2, -0.15) is 0 Å². The van der Waals surface area contributed by atoms with Gasteiger partial charge < -0.3 is 14.6 Å². The zero-order chi connectivity index (χ0) is 22.0. The quantitative estimate of drug-likeness (QED) is 0.624. The summed E-state index contributed by atoms with van der Waals surface area (Å²) < 4.78 is 14.5. The molecule has 4 rings (SSSR count). The van der Waals surface area contributed by atoms with Crippen molar-refractivity contribution in [1.29, 1.82) is 0 Å². The van der Waals surface area contributed by atoms with Crippen molar-refractivity contribution in [3.63, 3.8) is 0 Å². The minimum atomic E-state index is -0.763. The Morgan fingerprint density at radius 2 is 1.77 bits per heavy atom. The van der Waals surface area contributed by atoms with Gasteiger partial charge in [0.1, 0.15) is 18.1 Å². The maximum atomic E-state index is 12.9. The number of hydrogen-bond acceptors (Lipinski definition) is 4. The molecule has 1 fully saturated rings. The maximum Gasteiger partial charge on any atom is 0.328 e. The predicted molar refractivity (Wildman–Crippen MR) is 118 cm³/mol. The Morgan fingerprint density at radius 3 is 2.48 bits per heavy atom. The van der Waals surface area contributed by atoms with Crippen LogP contribution in [0.3, 0.4) is 0 Å². The highest BCUT2D eigenvalue weighted by Crippen LogP contribution is 2.32. The lowest BCUT2D eigenvalue weighted by Crippen LogP contribution is -2.33. The average Bonchev–Trinajstić information content (AvgIpc) is 3.02. The normalized spacial score (nSPS) is 18.8. The van der Waals surface area contributed by atoms with E-state index in [0.717, 1.165) is 41.6 Å². The van der Waals surface area contributed by atoms with Gasteiger partial charge in [-0.3, -0.25) is 13.9 Å². The fourth-order valence-electron chi connectivity index (χ4n) is 4.53. The lowest BCUT2D eigenvalue weighted by atomic mass is 9.79. The number of fused-ring (bicyclic) bond motifs is 1. The number of hydrogen-bond donors (Lipinski definition) is 1. The number of aryl methyl sites for hydroxylation is 1. The van der Waals surface area contributed by atoms with Gasteiger partial charge >= 0.3 is 11.7 Å². The van der Waals surface area contributed by atoms with E-state index in [9.17, 15) is 14.7 Å². The number of aromatic nitrogens is 2. The molecule has 0 radical (unpaired) electrons. The zero-order valence-corrected chi connectivity index (χ0v) is 17.9. The molecule has 2 atom stereocenters. The van der Waals surface area contributed by atoms with Gasteiger partial charge in [0, 0.05) is 19.7 Å². The summed E-state index contributed by atoms with van der Waals surface area (Å²) in [4.78, 5) is 24.6. The van der Waals surface area contributed by atoms with Crippen molar-refractivity contribution >= 4 is 17.0 Å². The summed E-state index contributed by atoms with van der Waals surface area (Å²) in [5.74, 6) is 0.257. The fourth-order valence-corrected chi connectivity index (χ4v) is 4.53. The summed E-state index contributed by atoms with van der Waals surface area (Å²) in [5.41, 5.74) is 2.47. The SMILES string of the molecule is COc1ccc(COc2ccc3c(c2)n(CC2CCCCC2C(=O)O)c(=O)n3C)cc1. The molecule has 3 aromatic rings. The van der Waals surface area contributed by atoms with Gasteiger partial charge in [-0.05, 0) is 48.6 Å². The molecular formula is C24H28N2O5. The number of nitrogens with zero attached hydrogens (tertiary/aromatic N) is 2. The first-order chi connectivity index (χ1) is 15.0. The Hall–Kier alpha value is -3.22. The smallest absolute Gasteiger partial charge is 0.328 e. The Bertz CT molecular complexity index is 1130. The molecule has 31 heavy (non-hydrogen) atoms. The molecule has 1 N–H and O–H groups in total. The first-order valence-corrected chi connectivity index (χ1v) is 10.7. The molecule has 0 bridgehead atoms. The van der Waals surface area contributed by atoms with Crippen molar-refractivity contribution in [3.05, 3.63) is 58.5 Å². The summed E-state index contributed by atoms with van der Waals surface area (Å²) in [5, 5.41) is 9.61. The van der Waals surface area contributed by atoms with E-state index < -0.39 is 11.9 Å². The molecular weight excluding hydrogens is 396 g/mol. The van der Waals surface area contributed by atoms with Crippen LogP contribution in [0.2, 0.25) is 0 Å². The lowest BCUT2D eigenvalue weighted by Gasteiger charge is -2.28. The van der Waals surface area contributed by atoms with Crippen LogP contribution >= 0.6 is 0 Å². The van der Waals surface area contributed by atoms with E-state index in [4.69, 9.17) is 9.47 Å². The van der Waals surface area contributed by atoms with Crippen molar-refractivity contribution in [2.24, 2.45) is 18.9 Å². The predicted octanol–water partition coefficient (Wildman–Crippen LogP) is 3.82. The van der Waals surface area contributed by atoms with Crippen LogP contribution < -0.4 is 15.2 Å². The number of methoxy groups -OCH3 is 1. The van der Waals surface area contributed by atoms with Gasteiger partial charge in [0.2, 0.25) is 0 Å². The second kappa shape index (κ2) is 8.88. The Kier molecular flexibility index (Phi) is 6.02. The molecule has 1 aliphatic carbocycles. The van der Waals surface area contributed by atoms with Gasteiger partial charge in [-0.15, -0.1) is 0 Å². The van der Waals surface area contributed by atoms with E-state index >= 15 is 0 Å². The Morgan fingerprint density at radius 1 is 1.06 bits per heavy atom. The standard InChI is InChI=1S/C24H28N2O5/c1-25-21-12-11-19(31-15-16-7-9-18(30-2)10-8-16)13-22(21)26(24(25)29)14-17-5-3-4-6-20(17)23(27)28/h7-13,17,20H,3-6,14-15H2,1-2H3,(H,27,28). The van der Waals surface area contributed by atoms with E-state index in [-0.39, 0.29) is 11.6 Å². The molecule has 1 aliphatic rings.